The molecule has 4 rings (SSSR count). The first kappa shape index (κ1) is 17.9. The summed E-state index contributed by atoms with van der Waals surface area (Å²) in [7, 11) is 1.63. The normalized spacial score (nSPS) is 10.9. The molecular weight excluding hydrogens is 350 g/mol. The summed E-state index contributed by atoms with van der Waals surface area (Å²) in [6.07, 6.45) is 0. The van der Waals surface area contributed by atoms with Crippen molar-refractivity contribution in [3.05, 3.63) is 102 Å². The first-order chi connectivity index (χ1) is 13.8. The molecule has 5 heteroatoms. The van der Waals surface area contributed by atoms with Crippen molar-refractivity contribution < 1.29 is 9.26 Å². The van der Waals surface area contributed by atoms with Gasteiger partial charge < -0.3 is 9.26 Å². The Kier molecular flexibility index (Phi) is 5.45. The van der Waals surface area contributed by atoms with Crippen molar-refractivity contribution >= 4 is 0 Å². The second kappa shape index (κ2) is 8.50. The van der Waals surface area contributed by atoms with Gasteiger partial charge in [-0.25, -0.2) is 0 Å². The van der Waals surface area contributed by atoms with E-state index >= 15 is 0 Å². The summed E-state index contributed by atoms with van der Waals surface area (Å²) < 4.78 is 10.8. The van der Waals surface area contributed by atoms with Crippen LogP contribution in [0, 0.1) is 0 Å². The zero-order valence-electron chi connectivity index (χ0n) is 15.6. The molecule has 0 aliphatic rings. The van der Waals surface area contributed by atoms with Gasteiger partial charge in [-0.05, 0) is 23.3 Å². The number of benzene rings is 3. The molecule has 0 saturated heterocycles. The molecule has 0 bridgehead atoms. The minimum absolute atomic E-state index is 0.0315. The van der Waals surface area contributed by atoms with Crippen molar-refractivity contribution in [3.63, 3.8) is 0 Å². The van der Waals surface area contributed by atoms with E-state index in [1.165, 1.54) is 11.1 Å². The predicted octanol–water partition coefficient (Wildman–Crippen LogP) is 4.62. The number of para-hydroxylation sites is 1. The second-order valence-corrected chi connectivity index (χ2v) is 6.35. The van der Waals surface area contributed by atoms with E-state index in [9.17, 15) is 0 Å². The van der Waals surface area contributed by atoms with E-state index in [1.54, 1.807) is 7.11 Å². The van der Waals surface area contributed by atoms with Gasteiger partial charge in [-0.15, -0.1) is 0 Å². The average Bonchev–Trinajstić information content (AvgIpc) is 3.24. The van der Waals surface area contributed by atoms with E-state index in [1.807, 2.05) is 60.7 Å². The molecule has 140 valence electrons. The summed E-state index contributed by atoms with van der Waals surface area (Å²) in [5.41, 5.74) is 3.17. The highest BCUT2D eigenvalue weighted by atomic mass is 16.5. The highest BCUT2D eigenvalue weighted by Gasteiger charge is 2.16. The Bertz CT molecular complexity index is 977. The zero-order valence-corrected chi connectivity index (χ0v) is 15.6. The molecule has 0 aliphatic carbocycles. The molecule has 0 amide bonds. The maximum Gasteiger partial charge on any atom is 0.240 e. The van der Waals surface area contributed by atoms with Crippen LogP contribution in [-0.4, -0.2) is 17.3 Å². The summed E-state index contributed by atoms with van der Waals surface area (Å²) in [4.78, 5) is 4.53. The van der Waals surface area contributed by atoms with Gasteiger partial charge in [-0.3, -0.25) is 5.32 Å². The molecule has 1 N–H and O–H groups in total. The lowest BCUT2D eigenvalue weighted by Gasteiger charge is -2.18. The number of aromatic nitrogens is 2. The van der Waals surface area contributed by atoms with Crippen LogP contribution in [0.4, 0.5) is 0 Å². The summed E-state index contributed by atoms with van der Waals surface area (Å²) in [6.45, 7) is 0.455. The van der Waals surface area contributed by atoms with Crippen molar-refractivity contribution in [3.8, 4) is 17.1 Å². The minimum atomic E-state index is 0.0315. The zero-order chi connectivity index (χ0) is 19.2. The van der Waals surface area contributed by atoms with Crippen molar-refractivity contribution in [2.45, 2.75) is 12.6 Å². The predicted molar refractivity (Wildman–Crippen MR) is 108 cm³/mol. The van der Waals surface area contributed by atoms with Gasteiger partial charge in [0.25, 0.3) is 0 Å². The number of hydrogen-bond acceptors (Lipinski definition) is 5. The minimum Gasteiger partial charge on any atom is -0.496 e. The topological polar surface area (TPSA) is 60.2 Å². The molecule has 5 nitrogen and oxygen atoms in total. The van der Waals surface area contributed by atoms with Crippen molar-refractivity contribution in [1.29, 1.82) is 0 Å². The Morgan fingerprint density at radius 1 is 0.857 bits per heavy atom. The molecule has 1 aromatic heterocycles. The number of nitrogens with zero attached hydrogens (tertiary/aromatic N) is 2. The Balaban J connectivity index is 1.55. The summed E-state index contributed by atoms with van der Waals surface area (Å²) in [6, 6.07) is 28.3. The Labute approximate surface area is 164 Å². The quantitative estimate of drug-likeness (QED) is 0.513. The number of methoxy groups -OCH3 is 1. The van der Waals surface area contributed by atoms with Crippen LogP contribution in [0.15, 0.2) is 89.5 Å². The fourth-order valence-corrected chi connectivity index (χ4v) is 3.17. The summed E-state index contributed by atoms with van der Waals surface area (Å²) in [5.74, 6) is 1.76. The third kappa shape index (κ3) is 3.94. The Morgan fingerprint density at radius 3 is 2.11 bits per heavy atom. The van der Waals surface area contributed by atoms with Crippen molar-refractivity contribution in [1.82, 2.24) is 15.5 Å². The summed E-state index contributed by atoms with van der Waals surface area (Å²) >= 11 is 0. The van der Waals surface area contributed by atoms with Gasteiger partial charge in [0.2, 0.25) is 11.7 Å². The number of ether oxygens (including phenoxy) is 1. The smallest absolute Gasteiger partial charge is 0.240 e. The van der Waals surface area contributed by atoms with Crippen LogP contribution in [0.3, 0.4) is 0 Å². The van der Waals surface area contributed by atoms with Crippen LogP contribution in [-0.2, 0) is 6.54 Å². The van der Waals surface area contributed by atoms with Gasteiger partial charge in [0.05, 0.1) is 25.3 Å². The molecule has 0 aliphatic heterocycles. The lowest BCUT2D eigenvalue weighted by Crippen LogP contribution is -2.22. The molecule has 0 spiro atoms. The third-order valence-electron chi connectivity index (χ3n) is 4.54. The van der Waals surface area contributed by atoms with E-state index in [0.29, 0.717) is 24.0 Å². The van der Waals surface area contributed by atoms with Gasteiger partial charge in [0, 0.05) is 0 Å². The fourth-order valence-electron chi connectivity index (χ4n) is 3.17. The van der Waals surface area contributed by atoms with Crippen LogP contribution in [0.25, 0.3) is 11.4 Å². The van der Waals surface area contributed by atoms with Crippen molar-refractivity contribution in [2.75, 3.05) is 7.11 Å². The van der Waals surface area contributed by atoms with Gasteiger partial charge >= 0.3 is 0 Å². The lowest BCUT2D eigenvalue weighted by atomic mass is 9.99. The van der Waals surface area contributed by atoms with E-state index in [4.69, 9.17) is 9.26 Å². The third-order valence-corrected chi connectivity index (χ3v) is 4.54. The van der Waals surface area contributed by atoms with Crippen LogP contribution in [0.2, 0.25) is 0 Å². The van der Waals surface area contributed by atoms with Gasteiger partial charge in [-0.2, -0.15) is 4.98 Å². The number of nitrogens with one attached hydrogen (secondary N) is 1. The SMILES string of the molecule is COc1ccccc1-c1noc(CNC(c2ccccc2)c2ccccc2)n1. The Morgan fingerprint density at radius 2 is 1.46 bits per heavy atom. The molecule has 0 atom stereocenters. The van der Waals surface area contributed by atoms with Crippen LogP contribution >= 0.6 is 0 Å². The first-order valence-corrected chi connectivity index (χ1v) is 9.14. The highest BCUT2D eigenvalue weighted by molar-refractivity contribution is 5.63. The van der Waals surface area contributed by atoms with E-state index in [2.05, 4.69) is 39.7 Å². The van der Waals surface area contributed by atoms with Crippen LogP contribution in [0.1, 0.15) is 23.1 Å². The van der Waals surface area contributed by atoms with Gasteiger partial charge in [-0.1, -0.05) is 78.0 Å². The fraction of sp³-hybridized carbons (Fsp3) is 0.130. The molecule has 4 aromatic rings. The molecule has 0 saturated carbocycles. The number of hydrogen-bond donors (Lipinski definition) is 1. The highest BCUT2D eigenvalue weighted by Crippen LogP contribution is 2.27. The first-order valence-electron chi connectivity index (χ1n) is 9.14. The molecular formula is C23H21N3O2. The maximum atomic E-state index is 5.46. The second-order valence-electron chi connectivity index (χ2n) is 6.35. The van der Waals surface area contributed by atoms with Crippen LogP contribution in [0.5, 0.6) is 5.75 Å². The van der Waals surface area contributed by atoms with E-state index < -0.39 is 0 Å². The molecule has 1 heterocycles. The molecule has 0 unspecified atom stereocenters. The monoisotopic (exact) mass is 371 g/mol. The van der Waals surface area contributed by atoms with E-state index in [-0.39, 0.29) is 6.04 Å². The maximum absolute atomic E-state index is 5.46. The molecule has 3 aromatic carbocycles. The number of rotatable bonds is 7. The largest absolute Gasteiger partial charge is 0.496 e. The standard InChI is InChI=1S/C23H21N3O2/c1-27-20-15-9-8-14-19(20)23-25-21(28-26-23)16-24-22(17-10-4-2-5-11-17)18-12-6-3-7-13-18/h2-15,22,24H,16H2,1H3. The van der Waals surface area contributed by atoms with Crippen molar-refractivity contribution in [2.24, 2.45) is 0 Å². The average molecular weight is 371 g/mol. The lowest BCUT2D eigenvalue weighted by molar-refractivity contribution is 0.362. The van der Waals surface area contributed by atoms with Gasteiger partial charge in [0.1, 0.15) is 5.75 Å². The summed E-state index contributed by atoms with van der Waals surface area (Å²) in [5, 5.41) is 7.65. The molecule has 28 heavy (non-hydrogen) atoms. The Hall–Kier alpha value is -3.44. The van der Waals surface area contributed by atoms with Crippen LogP contribution < -0.4 is 10.1 Å². The molecule has 0 radical (unpaired) electrons. The van der Waals surface area contributed by atoms with E-state index in [0.717, 1.165) is 5.56 Å². The molecule has 0 fully saturated rings. The van der Waals surface area contributed by atoms with Gasteiger partial charge in [0.15, 0.2) is 0 Å².